The molecule has 0 radical (unpaired) electrons. The van der Waals surface area contributed by atoms with E-state index in [2.05, 4.69) is 57.6 Å². The number of rotatable bonds is 5. The van der Waals surface area contributed by atoms with E-state index in [1.165, 1.54) is 10.9 Å². The predicted molar refractivity (Wildman–Crippen MR) is 92.5 cm³/mol. The molecule has 5 heteroatoms. The monoisotopic (exact) mass is 321 g/mol. The van der Waals surface area contributed by atoms with Gasteiger partial charge < -0.3 is 18.7 Å². The van der Waals surface area contributed by atoms with Crippen molar-refractivity contribution < 1.29 is 9.52 Å². The van der Waals surface area contributed by atoms with E-state index < -0.39 is 0 Å². The first-order valence-electron chi connectivity index (χ1n) is 8.03. The van der Waals surface area contributed by atoms with E-state index in [1.54, 1.807) is 12.3 Å². The van der Waals surface area contributed by atoms with Gasteiger partial charge in [0.2, 0.25) is 0 Å². The molecule has 1 atom stereocenters. The summed E-state index contributed by atoms with van der Waals surface area (Å²) in [7, 11) is 0. The number of aliphatic hydroxyl groups excluding tert-OH is 1. The third-order valence-corrected chi connectivity index (χ3v) is 4.32. The molecule has 3 heterocycles. The zero-order valence-electron chi connectivity index (χ0n) is 13.5. The van der Waals surface area contributed by atoms with Gasteiger partial charge in [0.25, 0.3) is 0 Å². The number of hydrogen-bond donors (Lipinski definition) is 1. The molecule has 5 nitrogen and oxygen atoms in total. The maximum Gasteiger partial charge on any atom is 0.176 e. The fourth-order valence-corrected chi connectivity index (χ4v) is 3.12. The summed E-state index contributed by atoms with van der Waals surface area (Å²) in [6.45, 7) is 2.89. The Morgan fingerprint density at radius 3 is 2.83 bits per heavy atom. The van der Waals surface area contributed by atoms with Crippen LogP contribution in [0.1, 0.15) is 18.7 Å². The van der Waals surface area contributed by atoms with Crippen molar-refractivity contribution in [2.75, 3.05) is 0 Å². The Morgan fingerprint density at radius 2 is 2.00 bits per heavy atom. The Balaban J connectivity index is 1.63. The van der Waals surface area contributed by atoms with Crippen molar-refractivity contribution in [3.8, 4) is 11.6 Å². The summed E-state index contributed by atoms with van der Waals surface area (Å²) < 4.78 is 9.99. The lowest BCUT2D eigenvalue weighted by molar-refractivity contribution is 0.248. The van der Waals surface area contributed by atoms with Gasteiger partial charge in [0.05, 0.1) is 6.04 Å². The normalized spacial score (nSPS) is 12.8. The van der Waals surface area contributed by atoms with Gasteiger partial charge >= 0.3 is 0 Å². The van der Waals surface area contributed by atoms with Crippen LogP contribution in [0, 0.1) is 0 Å². The van der Waals surface area contributed by atoms with Crippen LogP contribution in [0.4, 0.5) is 0 Å². The van der Waals surface area contributed by atoms with Crippen LogP contribution in [0.2, 0.25) is 0 Å². The van der Waals surface area contributed by atoms with Crippen LogP contribution >= 0.6 is 0 Å². The van der Waals surface area contributed by atoms with E-state index in [9.17, 15) is 5.11 Å². The third-order valence-electron chi connectivity index (χ3n) is 4.32. The molecule has 0 amide bonds. The summed E-state index contributed by atoms with van der Waals surface area (Å²) in [5.74, 6) is 2.00. The summed E-state index contributed by atoms with van der Waals surface area (Å²) >= 11 is 0. The van der Waals surface area contributed by atoms with E-state index in [-0.39, 0.29) is 12.6 Å². The van der Waals surface area contributed by atoms with Crippen LogP contribution in [0.25, 0.3) is 22.5 Å². The van der Waals surface area contributed by atoms with E-state index in [0.29, 0.717) is 11.5 Å². The van der Waals surface area contributed by atoms with Crippen LogP contribution in [0.3, 0.4) is 0 Å². The molecule has 122 valence electrons. The van der Waals surface area contributed by atoms with Gasteiger partial charge in [-0.2, -0.15) is 0 Å². The molecule has 0 saturated carbocycles. The molecule has 4 rings (SSSR count). The highest BCUT2D eigenvalue weighted by atomic mass is 16.4. The molecule has 1 N–H and O–H groups in total. The zero-order chi connectivity index (χ0) is 16.5. The number of hydrogen-bond acceptors (Lipinski definition) is 3. The van der Waals surface area contributed by atoms with Crippen molar-refractivity contribution in [2.24, 2.45) is 0 Å². The Bertz CT molecular complexity index is 964. The molecular weight excluding hydrogens is 302 g/mol. The first-order chi connectivity index (χ1) is 11.8. The zero-order valence-corrected chi connectivity index (χ0v) is 13.5. The number of imidazole rings is 1. The molecule has 0 aliphatic carbocycles. The van der Waals surface area contributed by atoms with Gasteiger partial charge in [0.1, 0.15) is 12.4 Å². The number of nitrogens with zero attached hydrogens (tertiary/aromatic N) is 3. The molecule has 0 saturated heterocycles. The molecule has 0 fully saturated rings. The molecule has 0 unspecified atom stereocenters. The van der Waals surface area contributed by atoms with E-state index in [4.69, 9.17) is 4.42 Å². The summed E-state index contributed by atoms with van der Waals surface area (Å²) in [5.41, 5.74) is 1.23. The summed E-state index contributed by atoms with van der Waals surface area (Å²) in [5, 5.41) is 10.4. The van der Waals surface area contributed by atoms with Gasteiger partial charge in [-0.1, -0.05) is 18.2 Å². The van der Waals surface area contributed by atoms with E-state index in [0.717, 1.165) is 12.4 Å². The maximum absolute atomic E-state index is 9.17. The largest absolute Gasteiger partial charge is 0.455 e. The van der Waals surface area contributed by atoms with Gasteiger partial charge in [0, 0.05) is 30.7 Å². The molecule has 3 aromatic heterocycles. The highest BCUT2D eigenvalue weighted by Gasteiger charge is 2.15. The molecule has 0 spiro atoms. The van der Waals surface area contributed by atoms with Crippen molar-refractivity contribution in [3.05, 3.63) is 66.8 Å². The van der Waals surface area contributed by atoms with Gasteiger partial charge in [-0.25, -0.2) is 4.98 Å². The predicted octanol–water partition coefficient (Wildman–Crippen LogP) is 3.85. The van der Waals surface area contributed by atoms with Crippen molar-refractivity contribution >= 4 is 10.9 Å². The van der Waals surface area contributed by atoms with Crippen molar-refractivity contribution in [1.82, 2.24) is 14.1 Å². The minimum absolute atomic E-state index is 0.106. The number of fused-ring (bicyclic) bond motifs is 1. The molecule has 1 aromatic carbocycles. The van der Waals surface area contributed by atoms with Gasteiger partial charge in [-0.15, -0.1) is 0 Å². The molecule has 4 aromatic rings. The summed E-state index contributed by atoms with van der Waals surface area (Å²) in [6.07, 6.45) is 5.86. The Morgan fingerprint density at radius 1 is 1.12 bits per heavy atom. The fraction of sp³-hybridized carbons (Fsp3) is 0.211. The van der Waals surface area contributed by atoms with Gasteiger partial charge in [0.15, 0.2) is 11.6 Å². The first-order valence-corrected chi connectivity index (χ1v) is 8.03. The second-order valence-electron chi connectivity index (χ2n) is 5.96. The highest BCUT2D eigenvalue weighted by Crippen LogP contribution is 2.25. The average molecular weight is 321 g/mol. The second-order valence-corrected chi connectivity index (χ2v) is 5.96. The minimum Gasteiger partial charge on any atom is -0.455 e. The van der Waals surface area contributed by atoms with Crippen LogP contribution in [-0.4, -0.2) is 19.2 Å². The van der Waals surface area contributed by atoms with Gasteiger partial charge in [-0.3, -0.25) is 0 Å². The van der Waals surface area contributed by atoms with Crippen LogP contribution in [0.15, 0.2) is 65.5 Å². The Kier molecular flexibility index (Phi) is 3.70. The van der Waals surface area contributed by atoms with Crippen LogP contribution in [-0.2, 0) is 13.2 Å². The Labute approximate surface area is 139 Å². The smallest absolute Gasteiger partial charge is 0.176 e. The minimum atomic E-state index is -0.106. The van der Waals surface area contributed by atoms with E-state index >= 15 is 0 Å². The lowest BCUT2D eigenvalue weighted by atomic mass is 10.2. The van der Waals surface area contributed by atoms with Crippen molar-refractivity contribution in [2.45, 2.75) is 26.1 Å². The van der Waals surface area contributed by atoms with Crippen LogP contribution in [0.5, 0.6) is 0 Å². The summed E-state index contributed by atoms with van der Waals surface area (Å²) in [6, 6.07) is 14.3. The van der Waals surface area contributed by atoms with Crippen molar-refractivity contribution in [1.29, 1.82) is 0 Å². The number of aromatic nitrogens is 3. The average Bonchev–Trinajstić information content (AvgIpc) is 3.34. The highest BCUT2D eigenvalue weighted by molar-refractivity contribution is 5.79. The molecule has 24 heavy (non-hydrogen) atoms. The Hall–Kier alpha value is -2.79. The SMILES string of the molecule is C[C@@H](Cn1ccc2ccccc21)n1ccnc1-c1ccc(CO)o1. The summed E-state index contributed by atoms with van der Waals surface area (Å²) in [4.78, 5) is 4.43. The third kappa shape index (κ3) is 2.53. The van der Waals surface area contributed by atoms with Crippen LogP contribution < -0.4 is 0 Å². The lowest BCUT2D eigenvalue weighted by Gasteiger charge is -2.17. The molecule has 0 aliphatic heterocycles. The molecule has 0 bridgehead atoms. The first kappa shape index (κ1) is 14.8. The standard InChI is InChI=1S/C19H19N3O2/c1-14(12-21-10-8-15-4-2-3-5-17(15)21)22-11-9-20-19(22)18-7-6-16(13-23)24-18/h2-11,14,23H,12-13H2,1H3/t14-/m0/s1. The fourth-order valence-electron chi connectivity index (χ4n) is 3.12. The lowest BCUT2D eigenvalue weighted by Crippen LogP contribution is -2.12. The number of furan rings is 1. The maximum atomic E-state index is 9.17. The number of benzene rings is 1. The van der Waals surface area contributed by atoms with E-state index in [1.807, 2.05) is 12.3 Å². The number of para-hydroxylation sites is 1. The second kappa shape index (κ2) is 6.02. The topological polar surface area (TPSA) is 56.1 Å². The number of aliphatic hydroxyl groups is 1. The molecule has 0 aliphatic rings. The van der Waals surface area contributed by atoms with Crippen molar-refractivity contribution in [3.63, 3.8) is 0 Å². The van der Waals surface area contributed by atoms with Gasteiger partial charge in [-0.05, 0) is 36.6 Å². The molecular formula is C19H19N3O2. The quantitative estimate of drug-likeness (QED) is 0.607.